The van der Waals surface area contributed by atoms with Crippen molar-refractivity contribution in [2.45, 2.75) is 30.8 Å². The minimum Gasteiger partial charge on any atom is -0.507 e. The summed E-state index contributed by atoms with van der Waals surface area (Å²) in [5.74, 6) is 1.25. The number of carbonyl (C=O) groups excluding carboxylic acids is 2. The van der Waals surface area contributed by atoms with E-state index >= 15 is 0 Å². The van der Waals surface area contributed by atoms with Crippen LogP contribution in [-0.2, 0) is 18.4 Å². The zero-order chi connectivity index (χ0) is 19.9. The van der Waals surface area contributed by atoms with E-state index in [4.69, 9.17) is 13.1 Å². The molecule has 10 heteroatoms. The predicted octanol–water partition coefficient (Wildman–Crippen LogP) is -0.468. The van der Waals surface area contributed by atoms with Crippen molar-refractivity contribution in [3.63, 3.8) is 0 Å². The number of carbonyl (C=O) groups is 2. The lowest BCUT2D eigenvalue weighted by molar-refractivity contribution is -0.0861. The van der Waals surface area contributed by atoms with Gasteiger partial charge in [0.05, 0.1) is 12.7 Å². The highest BCUT2D eigenvalue weighted by Gasteiger charge is 2.63. The average molecular weight is 396 g/mol. The van der Waals surface area contributed by atoms with Crippen LogP contribution in [0.4, 0.5) is 0 Å². The Morgan fingerprint density at radius 3 is 2.52 bits per heavy atom. The Morgan fingerprint density at radius 2 is 1.89 bits per heavy atom. The lowest BCUT2D eigenvalue weighted by Gasteiger charge is -2.42. The molecule has 1 aromatic rings. The monoisotopic (exact) mass is 396 g/mol. The number of phenols is 1. The number of aromatic hydroxyl groups is 1. The quantitative estimate of drug-likeness (QED) is 0.538. The fraction of sp³-hybridized carbons (Fsp3) is 0.353. The largest absolute Gasteiger partial charge is 0.507 e. The molecule has 5 atom stereocenters. The normalized spacial score (nSPS) is 37.7. The molecule has 4 rings (SSSR count). The number of rotatable bonds is 1. The molecule has 0 radical (unpaired) electrons. The van der Waals surface area contributed by atoms with Gasteiger partial charge in [-0.05, 0) is 13.0 Å². The molecular formula is C17H16O9S. The highest BCUT2D eigenvalue weighted by Crippen LogP contribution is 2.48. The van der Waals surface area contributed by atoms with E-state index in [0.717, 1.165) is 6.07 Å². The maximum Gasteiger partial charge on any atom is 0.199 e. The van der Waals surface area contributed by atoms with Gasteiger partial charge in [0.25, 0.3) is 0 Å². The molecule has 2 aliphatic carbocycles. The number of methoxy groups -OCH3 is 1. The molecule has 1 aliphatic heterocycles. The molecule has 0 aromatic heterocycles. The van der Waals surface area contributed by atoms with Crippen molar-refractivity contribution in [3.8, 4) is 11.5 Å². The number of phenolic OH excluding ortho intramolecular Hbond substituents is 1. The number of ether oxygens (including phenoxy) is 1. The van der Waals surface area contributed by atoms with E-state index in [2.05, 4.69) is 5.87 Å². The number of fused-ring (bicyclic) bond motifs is 2. The van der Waals surface area contributed by atoms with E-state index in [-0.39, 0.29) is 16.9 Å². The first kappa shape index (κ1) is 18.1. The molecular weight excluding hydrogens is 380 g/mol. The standard InChI is InChI=1S/C17H16O9S/c1-17-15(22)11-10(14(21)16(17)25-27(3,23)26-17)13(20)9-7(12(11)19)4-6(24-2)5-8(9)18/h4-5,14-16,18,21-22H,3H2,1-2H3/t14-,15-,16-,17+,27?/m1/s1. The molecule has 1 unspecified atom stereocenters. The molecule has 3 N–H and O–H groups in total. The van der Waals surface area contributed by atoms with Gasteiger partial charge in [0.1, 0.15) is 35.4 Å². The first-order valence-corrected chi connectivity index (χ1v) is 9.46. The molecule has 0 amide bonds. The van der Waals surface area contributed by atoms with Crippen LogP contribution in [0.25, 0.3) is 0 Å². The molecule has 1 saturated heterocycles. The van der Waals surface area contributed by atoms with Crippen LogP contribution in [0.2, 0.25) is 0 Å². The molecule has 0 bridgehead atoms. The van der Waals surface area contributed by atoms with E-state index in [1.54, 1.807) is 0 Å². The van der Waals surface area contributed by atoms with E-state index < -0.39 is 62.5 Å². The molecule has 3 aliphatic rings. The van der Waals surface area contributed by atoms with Crippen molar-refractivity contribution < 1.29 is 42.2 Å². The van der Waals surface area contributed by atoms with Gasteiger partial charge < -0.3 is 20.1 Å². The van der Waals surface area contributed by atoms with Crippen molar-refractivity contribution >= 4 is 27.5 Å². The SMILES string of the molecule is C=S1(=O)O[C@@H]2[C@H](O)C3=C(C(=O)c4cc(OC)cc(O)c4C3=O)[C@@H](O)[C@]2(C)O1. The van der Waals surface area contributed by atoms with Crippen LogP contribution in [0.1, 0.15) is 27.6 Å². The van der Waals surface area contributed by atoms with Gasteiger partial charge in [-0.2, -0.15) is 0 Å². The summed E-state index contributed by atoms with van der Waals surface area (Å²) in [6.07, 6.45) is -4.83. The third kappa shape index (κ3) is 2.25. The molecule has 1 heterocycles. The molecule has 1 aromatic carbocycles. The van der Waals surface area contributed by atoms with Gasteiger partial charge in [0.2, 0.25) is 0 Å². The predicted molar refractivity (Wildman–Crippen MR) is 92.0 cm³/mol. The number of hydrogen-bond donors (Lipinski definition) is 3. The summed E-state index contributed by atoms with van der Waals surface area (Å²) in [4.78, 5) is 26.0. The smallest absolute Gasteiger partial charge is 0.199 e. The van der Waals surface area contributed by atoms with Crippen LogP contribution >= 0.6 is 0 Å². The molecule has 27 heavy (non-hydrogen) atoms. The van der Waals surface area contributed by atoms with Gasteiger partial charge in [-0.15, -0.1) is 0 Å². The lowest BCUT2D eigenvalue weighted by atomic mass is 9.68. The summed E-state index contributed by atoms with van der Waals surface area (Å²) in [5.41, 5.74) is -3.08. The fourth-order valence-corrected chi connectivity index (χ4v) is 5.21. The van der Waals surface area contributed by atoms with E-state index in [1.165, 1.54) is 20.1 Å². The molecule has 144 valence electrons. The van der Waals surface area contributed by atoms with Crippen molar-refractivity contribution in [1.29, 1.82) is 0 Å². The summed E-state index contributed by atoms with van der Waals surface area (Å²) in [5, 5.41) is 31.7. The minimum atomic E-state index is -3.56. The second-order valence-electron chi connectivity index (χ2n) is 6.74. The topological polar surface area (TPSA) is 140 Å². The number of aliphatic hydroxyl groups excluding tert-OH is 2. The number of hydrogen-bond acceptors (Lipinski definition) is 9. The Kier molecular flexibility index (Phi) is 3.62. The van der Waals surface area contributed by atoms with Crippen LogP contribution in [-0.4, -0.2) is 68.0 Å². The molecule has 1 fully saturated rings. The van der Waals surface area contributed by atoms with E-state index in [9.17, 15) is 29.1 Å². The summed E-state index contributed by atoms with van der Waals surface area (Å²) in [6, 6.07) is 2.41. The Labute approximate surface area is 154 Å². The zero-order valence-electron chi connectivity index (χ0n) is 14.3. The molecule has 0 saturated carbocycles. The molecule has 9 nitrogen and oxygen atoms in total. The first-order valence-electron chi connectivity index (χ1n) is 7.88. The summed E-state index contributed by atoms with van der Waals surface area (Å²) >= 11 is 0. The second kappa shape index (κ2) is 5.40. The Balaban J connectivity index is 1.96. The van der Waals surface area contributed by atoms with Crippen molar-refractivity contribution in [1.82, 2.24) is 0 Å². The lowest BCUT2D eigenvalue weighted by Crippen LogP contribution is -2.60. The highest BCUT2D eigenvalue weighted by atomic mass is 32.2. The van der Waals surface area contributed by atoms with Crippen molar-refractivity contribution in [2.24, 2.45) is 0 Å². The third-order valence-electron chi connectivity index (χ3n) is 5.10. The van der Waals surface area contributed by atoms with Gasteiger partial charge in [-0.1, -0.05) is 0 Å². The van der Waals surface area contributed by atoms with E-state index in [1.807, 2.05) is 0 Å². The number of ketones is 2. The number of benzene rings is 1. The second-order valence-corrected chi connectivity index (χ2v) is 8.22. The van der Waals surface area contributed by atoms with Gasteiger partial charge in [0.15, 0.2) is 21.6 Å². The summed E-state index contributed by atoms with van der Waals surface area (Å²) < 4.78 is 27.5. The van der Waals surface area contributed by atoms with Crippen LogP contribution in [0.5, 0.6) is 11.5 Å². The number of aliphatic hydroxyl groups is 2. The van der Waals surface area contributed by atoms with Crippen molar-refractivity contribution in [2.75, 3.05) is 7.11 Å². The Morgan fingerprint density at radius 1 is 1.22 bits per heavy atom. The van der Waals surface area contributed by atoms with Crippen LogP contribution in [0, 0.1) is 0 Å². The fourth-order valence-electron chi connectivity index (χ4n) is 3.83. The Hall–Kier alpha value is -2.24. The summed E-state index contributed by atoms with van der Waals surface area (Å²) in [6.45, 7) is 1.31. The third-order valence-corrected chi connectivity index (χ3v) is 6.21. The average Bonchev–Trinajstić information content (AvgIpc) is 2.85. The number of Topliss-reactive ketones (excluding diaryl/α,β-unsaturated/α-hetero) is 2. The Bertz CT molecular complexity index is 1040. The maximum atomic E-state index is 13.0. The maximum absolute atomic E-state index is 13.0. The van der Waals surface area contributed by atoms with Gasteiger partial charge in [-0.25, -0.2) is 4.21 Å². The van der Waals surface area contributed by atoms with E-state index in [0.29, 0.717) is 0 Å². The molecule has 0 spiro atoms. The zero-order valence-corrected chi connectivity index (χ0v) is 15.1. The van der Waals surface area contributed by atoms with Gasteiger partial charge >= 0.3 is 0 Å². The van der Waals surface area contributed by atoms with Gasteiger partial charge in [-0.3, -0.25) is 18.0 Å². The minimum absolute atomic E-state index is 0.132. The first-order chi connectivity index (χ1) is 12.5. The van der Waals surface area contributed by atoms with Crippen molar-refractivity contribution in [3.05, 3.63) is 34.4 Å². The van der Waals surface area contributed by atoms with Gasteiger partial charge in [0, 0.05) is 28.6 Å². The van der Waals surface area contributed by atoms with Crippen LogP contribution < -0.4 is 4.74 Å². The highest BCUT2D eigenvalue weighted by molar-refractivity contribution is 7.91. The van der Waals surface area contributed by atoms with Crippen LogP contribution in [0.15, 0.2) is 23.3 Å². The van der Waals surface area contributed by atoms with Crippen LogP contribution in [0.3, 0.4) is 0 Å². The summed E-state index contributed by atoms with van der Waals surface area (Å²) in [7, 11) is -2.24.